The topological polar surface area (TPSA) is 49.6 Å². The van der Waals surface area contributed by atoms with Gasteiger partial charge in [0.2, 0.25) is 5.91 Å². The van der Waals surface area contributed by atoms with E-state index in [0.29, 0.717) is 24.5 Å². The Balaban J connectivity index is 1.84. The van der Waals surface area contributed by atoms with E-state index in [-0.39, 0.29) is 5.91 Å². The maximum atomic E-state index is 12.2. The number of rotatable bonds is 5. The number of amides is 1. The Morgan fingerprint density at radius 3 is 2.38 bits per heavy atom. The van der Waals surface area contributed by atoms with Gasteiger partial charge in [-0.15, -0.1) is 0 Å². The van der Waals surface area contributed by atoms with E-state index in [1.807, 2.05) is 7.05 Å². The minimum absolute atomic E-state index is 0.136. The molecule has 1 aliphatic heterocycles. The molecule has 2 N–H and O–H groups in total. The minimum Gasteiger partial charge on any atom is -0.393 e. The minimum atomic E-state index is 0.136. The third-order valence-corrected chi connectivity index (χ3v) is 4.20. The van der Waals surface area contributed by atoms with Crippen molar-refractivity contribution in [1.29, 1.82) is 0 Å². The molecule has 0 bridgehead atoms. The van der Waals surface area contributed by atoms with Crippen LogP contribution >= 0.6 is 12.2 Å². The van der Waals surface area contributed by atoms with Crippen molar-refractivity contribution in [2.24, 2.45) is 5.73 Å². The molecular formula is C16H23N3OS. The lowest BCUT2D eigenvalue weighted by atomic mass is 10.0. The second-order valence-electron chi connectivity index (χ2n) is 5.58. The lowest BCUT2D eigenvalue weighted by molar-refractivity contribution is -0.131. The molecule has 0 atom stereocenters. The van der Waals surface area contributed by atoms with Crippen molar-refractivity contribution in [3.63, 3.8) is 0 Å². The molecule has 1 amide bonds. The van der Waals surface area contributed by atoms with Gasteiger partial charge in [-0.05, 0) is 24.0 Å². The number of nitrogens with zero attached hydrogens (tertiary/aromatic N) is 2. The van der Waals surface area contributed by atoms with Gasteiger partial charge in [-0.25, -0.2) is 0 Å². The fourth-order valence-electron chi connectivity index (χ4n) is 2.59. The van der Waals surface area contributed by atoms with E-state index in [1.54, 1.807) is 4.90 Å². The Morgan fingerprint density at radius 2 is 1.86 bits per heavy atom. The van der Waals surface area contributed by atoms with Gasteiger partial charge in [0.15, 0.2) is 0 Å². The lowest BCUT2D eigenvalue weighted by Crippen LogP contribution is -2.40. The van der Waals surface area contributed by atoms with Crippen LogP contribution in [-0.2, 0) is 17.6 Å². The summed E-state index contributed by atoms with van der Waals surface area (Å²) in [5.41, 5.74) is 8.30. The quantitative estimate of drug-likeness (QED) is 0.831. The van der Waals surface area contributed by atoms with Crippen molar-refractivity contribution >= 4 is 23.1 Å². The van der Waals surface area contributed by atoms with Gasteiger partial charge >= 0.3 is 0 Å². The summed E-state index contributed by atoms with van der Waals surface area (Å²) in [6.45, 7) is 2.95. The highest BCUT2D eigenvalue weighted by Crippen LogP contribution is 2.15. The number of hydrogen-bond acceptors (Lipinski definition) is 3. The first-order valence-electron chi connectivity index (χ1n) is 7.37. The molecule has 0 aliphatic carbocycles. The van der Waals surface area contributed by atoms with E-state index in [4.69, 9.17) is 18.0 Å². The third kappa shape index (κ3) is 4.79. The average Bonchev–Trinajstić information content (AvgIpc) is 2.67. The monoisotopic (exact) mass is 305 g/mol. The number of nitrogens with two attached hydrogens (primary N) is 1. The Labute approximate surface area is 131 Å². The van der Waals surface area contributed by atoms with Crippen LogP contribution in [0.15, 0.2) is 24.3 Å². The van der Waals surface area contributed by atoms with Crippen LogP contribution in [0.4, 0.5) is 0 Å². The van der Waals surface area contributed by atoms with Gasteiger partial charge in [-0.3, -0.25) is 9.69 Å². The summed E-state index contributed by atoms with van der Waals surface area (Å²) < 4.78 is 0. The van der Waals surface area contributed by atoms with E-state index >= 15 is 0 Å². The van der Waals surface area contributed by atoms with Gasteiger partial charge in [0.1, 0.15) is 0 Å². The second-order valence-corrected chi connectivity index (χ2v) is 6.10. The zero-order valence-corrected chi connectivity index (χ0v) is 13.4. The van der Waals surface area contributed by atoms with Crippen molar-refractivity contribution in [2.45, 2.75) is 19.3 Å². The molecule has 0 radical (unpaired) electrons. The standard InChI is InChI=1S/C16H23N3OS/c1-18(9-8-15(17)21)16(20)12-19-10-6-13-4-2-3-5-14(13)7-11-19/h2-5H,6-12H2,1H3,(H2,17,21). The number of benzene rings is 1. The normalized spacial score (nSPS) is 15.1. The predicted octanol–water partition coefficient (Wildman–Crippen LogP) is 1.22. The first-order valence-corrected chi connectivity index (χ1v) is 7.78. The first kappa shape index (κ1) is 15.9. The number of thiocarbonyl (C=S) groups is 1. The Kier molecular flexibility index (Phi) is 5.70. The highest BCUT2D eigenvalue weighted by molar-refractivity contribution is 7.80. The van der Waals surface area contributed by atoms with Gasteiger partial charge in [-0.2, -0.15) is 0 Å². The SMILES string of the molecule is CN(CCC(N)=S)C(=O)CN1CCc2ccccc2CC1. The predicted molar refractivity (Wildman–Crippen MR) is 89.3 cm³/mol. The molecule has 0 unspecified atom stereocenters. The van der Waals surface area contributed by atoms with Crippen molar-refractivity contribution in [3.8, 4) is 0 Å². The van der Waals surface area contributed by atoms with Crippen LogP contribution in [0.3, 0.4) is 0 Å². The molecule has 0 saturated carbocycles. The number of carbonyl (C=O) groups is 1. The summed E-state index contributed by atoms with van der Waals surface area (Å²) in [6, 6.07) is 8.55. The zero-order valence-electron chi connectivity index (χ0n) is 12.5. The summed E-state index contributed by atoms with van der Waals surface area (Å²) in [7, 11) is 1.81. The van der Waals surface area contributed by atoms with Gasteiger partial charge in [0.05, 0.1) is 11.5 Å². The smallest absolute Gasteiger partial charge is 0.236 e. The molecule has 0 fully saturated rings. The molecule has 1 aliphatic rings. The lowest BCUT2D eigenvalue weighted by Gasteiger charge is -2.23. The number of likely N-dealkylation sites (N-methyl/N-ethyl adjacent to an activating group) is 1. The molecular weight excluding hydrogens is 282 g/mol. The summed E-state index contributed by atoms with van der Waals surface area (Å²) in [5, 5.41) is 0. The van der Waals surface area contributed by atoms with Gasteiger partial charge in [0.25, 0.3) is 0 Å². The van der Waals surface area contributed by atoms with Crippen LogP contribution in [0.25, 0.3) is 0 Å². The molecule has 0 spiro atoms. The highest BCUT2D eigenvalue weighted by Gasteiger charge is 2.18. The van der Waals surface area contributed by atoms with Crippen molar-refractivity contribution in [2.75, 3.05) is 33.2 Å². The second kappa shape index (κ2) is 7.52. The van der Waals surface area contributed by atoms with Gasteiger partial charge in [0, 0.05) is 33.1 Å². The summed E-state index contributed by atoms with van der Waals surface area (Å²) >= 11 is 4.85. The van der Waals surface area contributed by atoms with Gasteiger partial charge in [-0.1, -0.05) is 36.5 Å². The molecule has 21 heavy (non-hydrogen) atoms. The number of carbonyl (C=O) groups excluding carboxylic acids is 1. The van der Waals surface area contributed by atoms with E-state index in [2.05, 4.69) is 29.2 Å². The van der Waals surface area contributed by atoms with Crippen LogP contribution in [-0.4, -0.2) is 53.9 Å². The average molecular weight is 305 g/mol. The molecule has 1 aromatic carbocycles. The fourth-order valence-corrected chi connectivity index (χ4v) is 2.68. The third-order valence-electron chi connectivity index (χ3n) is 3.99. The fraction of sp³-hybridized carbons (Fsp3) is 0.500. The van der Waals surface area contributed by atoms with E-state index in [9.17, 15) is 4.79 Å². The van der Waals surface area contributed by atoms with Gasteiger partial charge < -0.3 is 10.6 Å². The van der Waals surface area contributed by atoms with Crippen LogP contribution in [0.1, 0.15) is 17.5 Å². The summed E-state index contributed by atoms with van der Waals surface area (Å²) in [4.78, 5) is 16.6. The van der Waals surface area contributed by atoms with Crippen molar-refractivity contribution in [3.05, 3.63) is 35.4 Å². The molecule has 2 rings (SSSR count). The van der Waals surface area contributed by atoms with Crippen molar-refractivity contribution in [1.82, 2.24) is 9.80 Å². The Morgan fingerprint density at radius 1 is 1.29 bits per heavy atom. The largest absolute Gasteiger partial charge is 0.393 e. The molecule has 114 valence electrons. The number of hydrogen-bond donors (Lipinski definition) is 1. The Hall–Kier alpha value is -1.46. The van der Waals surface area contributed by atoms with E-state index in [1.165, 1.54) is 11.1 Å². The molecule has 4 nitrogen and oxygen atoms in total. The maximum Gasteiger partial charge on any atom is 0.236 e. The molecule has 5 heteroatoms. The highest BCUT2D eigenvalue weighted by atomic mass is 32.1. The zero-order chi connectivity index (χ0) is 15.2. The molecule has 1 aromatic rings. The van der Waals surface area contributed by atoms with E-state index < -0.39 is 0 Å². The van der Waals surface area contributed by atoms with Crippen LogP contribution in [0, 0.1) is 0 Å². The summed E-state index contributed by atoms with van der Waals surface area (Å²) in [5.74, 6) is 0.136. The number of fused-ring (bicyclic) bond motifs is 1. The maximum absolute atomic E-state index is 12.2. The van der Waals surface area contributed by atoms with E-state index in [0.717, 1.165) is 25.9 Å². The molecule has 1 heterocycles. The van der Waals surface area contributed by atoms with Crippen molar-refractivity contribution < 1.29 is 4.79 Å². The molecule has 0 saturated heterocycles. The summed E-state index contributed by atoms with van der Waals surface area (Å²) in [6.07, 6.45) is 2.61. The molecule has 0 aromatic heterocycles. The van der Waals surface area contributed by atoms with Crippen LogP contribution in [0.2, 0.25) is 0 Å². The Bertz CT molecular complexity index is 491. The van der Waals surface area contributed by atoms with Crippen LogP contribution in [0.5, 0.6) is 0 Å². The first-order chi connectivity index (χ1) is 10.1. The van der Waals surface area contributed by atoms with Crippen LogP contribution < -0.4 is 5.73 Å².